The summed E-state index contributed by atoms with van der Waals surface area (Å²) in [5, 5.41) is 0. The maximum absolute atomic E-state index is 9.98. The second kappa shape index (κ2) is 7.98. The first-order valence-corrected chi connectivity index (χ1v) is 5.59. The molecule has 90 valence electrons. The minimum Gasteiger partial charge on any atom is -0.211 e. The van der Waals surface area contributed by atoms with Crippen molar-refractivity contribution in [2.45, 2.75) is 40.0 Å². The summed E-state index contributed by atoms with van der Waals surface area (Å²) >= 11 is 0. The summed E-state index contributed by atoms with van der Waals surface area (Å²) < 4.78 is 0. The van der Waals surface area contributed by atoms with Crippen LogP contribution in [0.4, 0.5) is 0 Å². The van der Waals surface area contributed by atoms with E-state index < -0.39 is 0 Å². The Balaban J connectivity index is 3.92. The lowest BCUT2D eigenvalue weighted by Gasteiger charge is -2.27. The van der Waals surface area contributed by atoms with Crippen LogP contribution in [0.1, 0.15) is 40.0 Å². The zero-order chi connectivity index (χ0) is 12.4. The van der Waals surface area contributed by atoms with Crippen molar-refractivity contribution in [1.82, 2.24) is 0 Å². The second-order valence-electron chi connectivity index (χ2n) is 4.98. The predicted octanol–water partition coefficient (Wildman–Crippen LogP) is 2.49. The zero-order valence-corrected chi connectivity index (χ0v) is 10.3. The Morgan fingerprint density at radius 1 is 1.19 bits per heavy atom. The van der Waals surface area contributed by atoms with Gasteiger partial charge in [-0.1, -0.05) is 20.8 Å². The molecule has 0 N–H and O–H groups in total. The van der Waals surface area contributed by atoms with Crippen molar-refractivity contribution in [3.8, 4) is 0 Å². The molecule has 0 aromatic rings. The molecule has 4 heteroatoms. The van der Waals surface area contributed by atoms with Crippen LogP contribution < -0.4 is 0 Å². The third-order valence-electron chi connectivity index (χ3n) is 2.56. The highest BCUT2D eigenvalue weighted by Crippen LogP contribution is 2.30. The van der Waals surface area contributed by atoms with Crippen LogP contribution in [0.3, 0.4) is 0 Å². The van der Waals surface area contributed by atoms with Gasteiger partial charge in [-0.3, -0.25) is 0 Å². The molecule has 0 saturated heterocycles. The van der Waals surface area contributed by atoms with Crippen LogP contribution in [0.25, 0.3) is 0 Å². The van der Waals surface area contributed by atoms with Gasteiger partial charge in [-0.15, -0.1) is 0 Å². The van der Waals surface area contributed by atoms with Gasteiger partial charge >= 0.3 is 0 Å². The van der Waals surface area contributed by atoms with Gasteiger partial charge in [0.05, 0.1) is 13.1 Å². The predicted molar refractivity (Wildman–Crippen MR) is 62.8 cm³/mol. The highest BCUT2D eigenvalue weighted by Gasteiger charge is 2.20. The molecule has 0 aromatic heterocycles. The molecule has 1 atom stereocenters. The topological polar surface area (TPSA) is 58.9 Å². The third-order valence-corrected chi connectivity index (χ3v) is 2.56. The lowest BCUT2D eigenvalue weighted by molar-refractivity contribution is 0.255. The summed E-state index contributed by atoms with van der Waals surface area (Å²) in [4.78, 5) is 27.0. The summed E-state index contributed by atoms with van der Waals surface area (Å²) in [7, 11) is 0. The molecule has 0 saturated carbocycles. The first-order valence-electron chi connectivity index (χ1n) is 5.59. The van der Waals surface area contributed by atoms with Gasteiger partial charge in [0.1, 0.15) is 0 Å². The van der Waals surface area contributed by atoms with Gasteiger partial charge in [0, 0.05) is 0 Å². The minimum absolute atomic E-state index is 0.191. The highest BCUT2D eigenvalue weighted by molar-refractivity contribution is 5.33. The molecular weight excluding hydrogens is 204 g/mol. The molecule has 0 heterocycles. The largest absolute Gasteiger partial charge is 0.234 e. The average molecular weight is 224 g/mol. The molecule has 0 bridgehead atoms. The summed E-state index contributed by atoms with van der Waals surface area (Å²) in [6, 6.07) is 0. The van der Waals surface area contributed by atoms with Crippen molar-refractivity contribution >= 4 is 12.2 Å². The number of nitrogens with zero attached hydrogens (tertiary/aromatic N) is 2. The fraction of sp³-hybridized carbons (Fsp3) is 0.833. The monoisotopic (exact) mass is 224 g/mol. The molecule has 0 radical (unpaired) electrons. The van der Waals surface area contributed by atoms with Crippen molar-refractivity contribution in [2.24, 2.45) is 21.3 Å². The number of aliphatic imine (C=N–C) groups is 2. The van der Waals surface area contributed by atoms with Crippen LogP contribution in [-0.2, 0) is 9.59 Å². The molecule has 0 spiro atoms. The highest BCUT2D eigenvalue weighted by atomic mass is 16.1. The maximum atomic E-state index is 9.98. The van der Waals surface area contributed by atoms with Gasteiger partial charge < -0.3 is 0 Å². The Hall–Kier alpha value is -1.24. The van der Waals surface area contributed by atoms with Crippen molar-refractivity contribution in [3.05, 3.63) is 0 Å². The van der Waals surface area contributed by atoms with Crippen LogP contribution in [0, 0.1) is 11.3 Å². The maximum Gasteiger partial charge on any atom is 0.234 e. The fourth-order valence-corrected chi connectivity index (χ4v) is 1.99. The Kier molecular flexibility index (Phi) is 7.36. The van der Waals surface area contributed by atoms with E-state index in [2.05, 4.69) is 30.8 Å². The number of rotatable bonds is 8. The number of carbonyl (C=O) groups excluding carboxylic acids is 2. The molecule has 0 aliphatic rings. The molecule has 0 aliphatic heterocycles. The van der Waals surface area contributed by atoms with Gasteiger partial charge in [-0.25, -0.2) is 19.6 Å². The van der Waals surface area contributed by atoms with Crippen molar-refractivity contribution in [2.75, 3.05) is 13.1 Å². The van der Waals surface area contributed by atoms with Crippen molar-refractivity contribution in [3.63, 3.8) is 0 Å². The van der Waals surface area contributed by atoms with Gasteiger partial charge in [0.2, 0.25) is 12.2 Å². The van der Waals surface area contributed by atoms with Crippen LogP contribution in [0.5, 0.6) is 0 Å². The molecule has 16 heavy (non-hydrogen) atoms. The molecular formula is C12H20N2O2. The van der Waals surface area contributed by atoms with Crippen LogP contribution >= 0.6 is 0 Å². The van der Waals surface area contributed by atoms with Gasteiger partial charge in [-0.2, -0.15) is 0 Å². The van der Waals surface area contributed by atoms with Crippen LogP contribution in [-0.4, -0.2) is 25.2 Å². The van der Waals surface area contributed by atoms with Crippen LogP contribution in [0.15, 0.2) is 9.98 Å². The van der Waals surface area contributed by atoms with Crippen molar-refractivity contribution < 1.29 is 9.59 Å². The van der Waals surface area contributed by atoms with E-state index >= 15 is 0 Å². The smallest absolute Gasteiger partial charge is 0.211 e. The molecule has 4 nitrogen and oxygen atoms in total. The Labute approximate surface area is 96.9 Å². The van der Waals surface area contributed by atoms with E-state index in [1.165, 1.54) is 6.08 Å². The SMILES string of the molecule is CC(CN=C=O)CC(C)(C)CCCN=C=O. The average Bonchev–Trinajstić information content (AvgIpc) is 2.21. The number of hydrogen-bond acceptors (Lipinski definition) is 4. The number of hydrogen-bond donors (Lipinski definition) is 0. The van der Waals surface area contributed by atoms with E-state index in [1.54, 1.807) is 6.08 Å². The molecule has 0 aliphatic carbocycles. The molecule has 0 rings (SSSR count). The second-order valence-corrected chi connectivity index (χ2v) is 4.98. The Morgan fingerprint density at radius 2 is 1.81 bits per heavy atom. The number of isocyanates is 2. The zero-order valence-electron chi connectivity index (χ0n) is 10.3. The summed E-state index contributed by atoms with van der Waals surface area (Å²) in [6.45, 7) is 7.52. The molecule has 0 fully saturated rings. The quantitative estimate of drug-likeness (QED) is 0.361. The lowest BCUT2D eigenvalue weighted by atomic mass is 9.80. The lowest BCUT2D eigenvalue weighted by Crippen LogP contribution is -2.17. The first-order chi connectivity index (χ1) is 7.52. The molecule has 0 amide bonds. The summed E-state index contributed by atoms with van der Waals surface area (Å²) in [6.07, 6.45) is 6.01. The van der Waals surface area contributed by atoms with E-state index in [1.807, 2.05) is 0 Å². The summed E-state index contributed by atoms with van der Waals surface area (Å²) in [5.74, 6) is 0.381. The molecule has 0 aromatic carbocycles. The van der Waals surface area contributed by atoms with Crippen LogP contribution in [0.2, 0.25) is 0 Å². The van der Waals surface area contributed by atoms with E-state index in [9.17, 15) is 9.59 Å². The van der Waals surface area contributed by atoms with E-state index in [0.717, 1.165) is 19.3 Å². The van der Waals surface area contributed by atoms with Gasteiger partial charge in [-0.05, 0) is 30.6 Å². The summed E-state index contributed by atoms with van der Waals surface area (Å²) in [5.41, 5.74) is 0.191. The Morgan fingerprint density at radius 3 is 2.38 bits per heavy atom. The normalized spacial score (nSPS) is 12.4. The third kappa shape index (κ3) is 8.10. The van der Waals surface area contributed by atoms with E-state index in [-0.39, 0.29) is 5.41 Å². The Bertz CT molecular complexity index is 287. The minimum atomic E-state index is 0.191. The van der Waals surface area contributed by atoms with Crippen molar-refractivity contribution in [1.29, 1.82) is 0 Å². The fourth-order valence-electron chi connectivity index (χ4n) is 1.99. The van der Waals surface area contributed by atoms with E-state index in [0.29, 0.717) is 19.0 Å². The van der Waals surface area contributed by atoms with Gasteiger partial charge in [0.15, 0.2) is 0 Å². The standard InChI is InChI=1S/C12H20N2O2/c1-11(8-14-10-16)7-12(2,3)5-4-6-13-9-15/h11H,4-8H2,1-3H3. The van der Waals surface area contributed by atoms with E-state index in [4.69, 9.17) is 0 Å². The first kappa shape index (κ1) is 14.8. The molecule has 1 unspecified atom stereocenters. The van der Waals surface area contributed by atoms with Gasteiger partial charge in [0.25, 0.3) is 0 Å².